The van der Waals surface area contributed by atoms with E-state index in [2.05, 4.69) is 12.2 Å². The maximum absolute atomic E-state index is 12.3. The number of hydrogen-bond acceptors (Lipinski definition) is 2. The van der Waals surface area contributed by atoms with E-state index in [0.29, 0.717) is 16.4 Å². The van der Waals surface area contributed by atoms with E-state index in [1.165, 1.54) is 11.3 Å². The zero-order chi connectivity index (χ0) is 11.1. The molecule has 1 saturated heterocycles. The quantitative estimate of drug-likeness (QED) is 0.703. The molecule has 1 aromatic rings. The van der Waals surface area contributed by atoms with Crippen LogP contribution in [0.1, 0.15) is 28.9 Å². The van der Waals surface area contributed by atoms with Crippen molar-refractivity contribution in [3.8, 4) is 0 Å². The summed E-state index contributed by atoms with van der Waals surface area (Å²) in [6.07, 6.45) is 7.60. The van der Waals surface area contributed by atoms with Gasteiger partial charge in [-0.05, 0) is 31.4 Å². The molecule has 2 unspecified atom stereocenters. The smallest absolute Gasteiger partial charge is 0.264 e. The minimum absolute atomic E-state index is 0.147. The van der Waals surface area contributed by atoms with Crippen LogP contribution in [0.4, 0.5) is 0 Å². The Balaban J connectivity index is 1.88. The van der Waals surface area contributed by atoms with Gasteiger partial charge in [-0.1, -0.05) is 23.8 Å². The van der Waals surface area contributed by atoms with Crippen LogP contribution in [-0.2, 0) is 0 Å². The molecule has 2 aliphatic heterocycles. The third kappa shape index (κ3) is 1.59. The van der Waals surface area contributed by atoms with Crippen LogP contribution in [-0.4, -0.2) is 22.9 Å². The number of halogens is 1. The molecule has 1 amide bonds. The summed E-state index contributed by atoms with van der Waals surface area (Å²) in [7, 11) is 0. The van der Waals surface area contributed by atoms with Crippen molar-refractivity contribution in [2.75, 3.05) is 0 Å². The first-order valence-corrected chi connectivity index (χ1v) is 6.70. The first-order valence-electron chi connectivity index (χ1n) is 5.50. The largest absolute Gasteiger partial charge is 0.328 e. The summed E-state index contributed by atoms with van der Waals surface area (Å²) < 4.78 is 0.684. The third-order valence-electron chi connectivity index (χ3n) is 3.33. The summed E-state index contributed by atoms with van der Waals surface area (Å²) in [6, 6.07) is 4.34. The second-order valence-corrected chi connectivity index (χ2v) is 5.99. The Morgan fingerprint density at radius 1 is 1.44 bits per heavy atom. The molecule has 0 saturated carbocycles. The Morgan fingerprint density at radius 2 is 2.31 bits per heavy atom. The summed E-state index contributed by atoms with van der Waals surface area (Å²) in [6.45, 7) is 0. The summed E-state index contributed by atoms with van der Waals surface area (Å²) in [5.41, 5.74) is 0. The van der Waals surface area contributed by atoms with Gasteiger partial charge in [0.05, 0.1) is 15.3 Å². The zero-order valence-electron chi connectivity index (χ0n) is 8.73. The van der Waals surface area contributed by atoms with Crippen LogP contribution < -0.4 is 0 Å². The average molecular weight is 254 g/mol. The molecule has 4 heteroatoms. The van der Waals surface area contributed by atoms with Crippen LogP contribution in [0.5, 0.6) is 0 Å². The highest BCUT2D eigenvalue weighted by Crippen LogP contribution is 2.34. The van der Waals surface area contributed by atoms with Crippen molar-refractivity contribution >= 4 is 28.8 Å². The lowest BCUT2D eigenvalue weighted by Crippen LogP contribution is -2.41. The van der Waals surface area contributed by atoms with Gasteiger partial charge in [0.15, 0.2) is 0 Å². The van der Waals surface area contributed by atoms with E-state index in [1.807, 2.05) is 11.0 Å². The van der Waals surface area contributed by atoms with E-state index in [0.717, 1.165) is 24.1 Å². The van der Waals surface area contributed by atoms with Crippen LogP contribution in [0.15, 0.2) is 24.3 Å². The molecule has 2 aliphatic rings. The molecular weight excluding hydrogens is 242 g/mol. The maximum Gasteiger partial charge on any atom is 0.264 e. The summed E-state index contributed by atoms with van der Waals surface area (Å²) in [4.78, 5) is 15.1. The Bertz CT molecular complexity index is 454. The Labute approximate surface area is 104 Å². The molecule has 84 valence electrons. The molecule has 0 N–H and O–H groups in total. The van der Waals surface area contributed by atoms with Gasteiger partial charge in [0.25, 0.3) is 5.91 Å². The summed E-state index contributed by atoms with van der Waals surface area (Å²) in [5, 5.41) is 0. The summed E-state index contributed by atoms with van der Waals surface area (Å²) >= 11 is 7.24. The van der Waals surface area contributed by atoms with Crippen molar-refractivity contribution in [2.45, 2.75) is 31.3 Å². The lowest BCUT2D eigenvalue weighted by Gasteiger charge is -2.31. The van der Waals surface area contributed by atoms with Gasteiger partial charge >= 0.3 is 0 Å². The molecule has 2 atom stereocenters. The fourth-order valence-corrected chi connectivity index (χ4v) is 3.59. The predicted octanol–water partition coefficient (Wildman–Crippen LogP) is 3.33. The number of fused-ring (bicyclic) bond motifs is 2. The van der Waals surface area contributed by atoms with E-state index < -0.39 is 0 Å². The number of carbonyl (C=O) groups is 1. The lowest BCUT2D eigenvalue weighted by molar-refractivity contribution is 0.0694. The van der Waals surface area contributed by atoms with Crippen LogP contribution in [0.2, 0.25) is 4.34 Å². The molecule has 3 rings (SSSR count). The molecule has 0 aliphatic carbocycles. The highest BCUT2D eigenvalue weighted by molar-refractivity contribution is 7.17. The number of amides is 1. The van der Waals surface area contributed by atoms with Gasteiger partial charge in [0.2, 0.25) is 0 Å². The monoisotopic (exact) mass is 253 g/mol. The van der Waals surface area contributed by atoms with Crippen molar-refractivity contribution in [3.05, 3.63) is 33.5 Å². The molecule has 1 aromatic heterocycles. The molecule has 0 radical (unpaired) electrons. The molecule has 0 aromatic carbocycles. The fourth-order valence-electron chi connectivity index (χ4n) is 2.60. The Hall–Kier alpha value is -0.800. The van der Waals surface area contributed by atoms with Crippen molar-refractivity contribution in [1.29, 1.82) is 0 Å². The Morgan fingerprint density at radius 3 is 3.00 bits per heavy atom. The number of rotatable bonds is 1. The van der Waals surface area contributed by atoms with E-state index in [-0.39, 0.29) is 5.91 Å². The highest BCUT2D eigenvalue weighted by Gasteiger charge is 2.37. The van der Waals surface area contributed by atoms with Crippen LogP contribution >= 0.6 is 22.9 Å². The zero-order valence-corrected chi connectivity index (χ0v) is 10.3. The van der Waals surface area contributed by atoms with Gasteiger partial charge < -0.3 is 4.90 Å². The number of nitrogens with zero attached hydrogens (tertiary/aromatic N) is 1. The average Bonchev–Trinajstić information content (AvgIpc) is 2.80. The fraction of sp³-hybridized carbons (Fsp3) is 0.417. The van der Waals surface area contributed by atoms with Gasteiger partial charge in [0, 0.05) is 6.04 Å². The maximum atomic E-state index is 12.3. The van der Waals surface area contributed by atoms with Crippen molar-refractivity contribution in [1.82, 2.24) is 4.90 Å². The number of carbonyl (C=O) groups excluding carboxylic acids is 1. The molecule has 2 bridgehead atoms. The molecule has 16 heavy (non-hydrogen) atoms. The van der Waals surface area contributed by atoms with E-state index in [4.69, 9.17) is 11.6 Å². The topological polar surface area (TPSA) is 20.3 Å². The number of hydrogen-bond donors (Lipinski definition) is 0. The SMILES string of the molecule is O=C(c1ccc(Cl)s1)N1C2C=CCC1CC2. The first-order chi connectivity index (χ1) is 7.75. The van der Waals surface area contributed by atoms with Gasteiger partial charge in [-0.25, -0.2) is 0 Å². The lowest BCUT2D eigenvalue weighted by atomic mass is 10.1. The Kier molecular flexibility index (Phi) is 2.52. The second kappa shape index (κ2) is 3.90. The second-order valence-electron chi connectivity index (χ2n) is 4.28. The van der Waals surface area contributed by atoms with Crippen molar-refractivity contribution in [3.63, 3.8) is 0 Å². The summed E-state index contributed by atoms with van der Waals surface area (Å²) in [5.74, 6) is 0.147. The first kappa shape index (κ1) is 10.4. The molecule has 1 fully saturated rings. The van der Waals surface area contributed by atoms with E-state index in [9.17, 15) is 4.79 Å². The van der Waals surface area contributed by atoms with Crippen LogP contribution in [0, 0.1) is 0 Å². The van der Waals surface area contributed by atoms with Crippen LogP contribution in [0.3, 0.4) is 0 Å². The third-order valence-corrected chi connectivity index (χ3v) is 4.55. The van der Waals surface area contributed by atoms with E-state index in [1.54, 1.807) is 6.07 Å². The van der Waals surface area contributed by atoms with Crippen molar-refractivity contribution < 1.29 is 4.79 Å². The molecule has 2 nitrogen and oxygen atoms in total. The highest BCUT2D eigenvalue weighted by atomic mass is 35.5. The molecule has 0 spiro atoms. The minimum atomic E-state index is 0.147. The molecule has 3 heterocycles. The van der Waals surface area contributed by atoms with Gasteiger partial charge in [-0.15, -0.1) is 11.3 Å². The molecular formula is C12H12ClNOS. The van der Waals surface area contributed by atoms with E-state index >= 15 is 0 Å². The van der Waals surface area contributed by atoms with Gasteiger partial charge in [0.1, 0.15) is 0 Å². The standard InChI is InChI=1S/C12H12ClNOS/c13-11-7-6-10(16-11)12(15)14-8-2-1-3-9(14)5-4-8/h1-2,6-9H,3-5H2. The van der Waals surface area contributed by atoms with Crippen LogP contribution in [0.25, 0.3) is 0 Å². The predicted molar refractivity (Wildman–Crippen MR) is 66.1 cm³/mol. The van der Waals surface area contributed by atoms with Gasteiger partial charge in [-0.2, -0.15) is 0 Å². The minimum Gasteiger partial charge on any atom is -0.328 e. The van der Waals surface area contributed by atoms with Crippen molar-refractivity contribution in [2.24, 2.45) is 0 Å². The number of thiophene rings is 1. The van der Waals surface area contributed by atoms with Gasteiger partial charge in [-0.3, -0.25) is 4.79 Å². The normalized spacial score (nSPS) is 27.4.